The second-order valence-corrected chi connectivity index (χ2v) is 39.0. The van der Waals surface area contributed by atoms with Crippen LogP contribution in [0.25, 0.3) is 9.30 Å². The average molecular weight is 559 g/mol. The fourth-order valence-electron chi connectivity index (χ4n) is 7.29. The third-order valence-electron chi connectivity index (χ3n) is 7.75. The Kier molecular flexibility index (Phi) is 14.8. The third kappa shape index (κ3) is 11.5. The van der Waals surface area contributed by atoms with Gasteiger partial charge in [-0.2, -0.15) is 0 Å². The second-order valence-electron chi connectivity index (χ2n) is 13.9. The molecular formula is C24H54Li2N2P2Si4. The van der Waals surface area contributed by atoms with E-state index in [2.05, 4.69) is 52.4 Å². The minimum Gasteiger partial charge on any atom is -0.667 e. The molecule has 0 aromatic heterocycles. The Morgan fingerprint density at radius 3 is 0.912 bits per heavy atom. The van der Waals surface area contributed by atoms with Gasteiger partial charge in [0.15, 0.2) is 0 Å². The SMILES string of the molecule is C[Si]1(C)CP(C2CCCCC2)C[Si](C)(C)[N-][Si](C)(C)CP(C2CCCCC2)C[Si](C)(C)[N-]1.[Li+].[Li+]. The first-order valence-electron chi connectivity index (χ1n) is 13.7. The van der Waals surface area contributed by atoms with Gasteiger partial charge in [-0.3, -0.25) is 0 Å². The Morgan fingerprint density at radius 1 is 0.441 bits per heavy atom. The monoisotopic (exact) mass is 558 g/mol. The normalized spacial score (nSPS) is 32.8. The molecule has 1 aliphatic heterocycles. The molecule has 0 atom stereocenters. The van der Waals surface area contributed by atoms with Crippen LogP contribution in [-0.2, 0) is 0 Å². The van der Waals surface area contributed by atoms with E-state index in [1.54, 1.807) is 0 Å². The summed E-state index contributed by atoms with van der Waals surface area (Å²) < 4.78 is 11.9. The van der Waals surface area contributed by atoms with Gasteiger partial charge in [-0.15, -0.1) is 15.8 Å². The van der Waals surface area contributed by atoms with E-state index in [4.69, 9.17) is 9.30 Å². The van der Waals surface area contributed by atoms with Gasteiger partial charge in [-0.05, 0) is 37.0 Å². The summed E-state index contributed by atoms with van der Waals surface area (Å²) in [6, 6.07) is 0. The maximum atomic E-state index is 5.97. The van der Waals surface area contributed by atoms with Crippen LogP contribution in [0.5, 0.6) is 0 Å². The zero-order valence-corrected chi connectivity index (χ0v) is 30.6. The van der Waals surface area contributed by atoms with E-state index in [0.717, 1.165) is 11.3 Å². The van der Waals surface area contributed by atoms with E-state index in [9.17, 15) is 0 Å². The smallest absolute Gasteiger partial charge is 0.667 e. The van der Waals surface area contributed by atoms with Gasteiger partial charge in [0, 0.05) is 0 Å². The largest absolute Gasteiger partial charge is 1.00 e. The molecule has 1 saturated heterocycles. The van der Waals surface area contributed by atoms with Crippen molar-refractivity contribution in [3.8, 4) is 0 Å². The van der Waals surface area contributed by atoms with Crippen LogP contribution in [0.1, 0.15) is 64.2 Å². The van der Waals surface area contributed by atoms with Crippen molar-refractivity contribution in [3.63, 3.8) is 0 Å². The van der Waals surface area contributed by atoms with E-state index in [1.807, 2.05) is 0 Å². The van der Waals surface area contributed by atoms with Gasteiger partial charge in [-0.1, -0.05) is 147 Å². The van der Waals surface area contributed by atoms with Gasteiger partial charge in [-0.25, -0.2) is 0 Å². The Labute approximate surface area is 245 Å². The van der Waals surface area contributed by atoms with Crippen LogP contribution in [0, 0.1) is 0 Å². The molecule has 10 heteroatoms. The van der Waals surface area contributed by atoms with E-state index >= 15 is 0 Å². The quantitative estimate of drug-likeness (QED) is 0.367. The maximum absolute atomic E-state index is 5.97. The van der Waals surface area contributed by atoms with E-state index in [1.165, 1.54) is 87.3 Å². The molecule has 3 rings (SSSR count). The first-order chi connectivity index (χ1) is 14.8. The minimum absolute atomic E-state index is 0. The zero-order chi connectivity index (χ0) is 23.6. The first kappa shape index (κ1) is 34.9. The van der Waals surface area contributed by atoms with Crippen molar-refractivity contribution in [3.05, 3.63) is 9.30 Å². The van der Waals surface area contributed by atoms with Crippen molar-refractivity contribution < 1.29 is 37.7 Å². The van der Waals surface area contributed by atoms with Gasteiger partial charge in [0.05, 0.1) is 0 Å². The van der Waals surface area contributed by atoms with Crippen LogP contribution in [0.2, 0.25) is 52.4 Å². The maximum Gasteiger partial charge on any atom is 1.00 e. The van der Waals surface area contributed by atoms with Crippen LogP contribution in [0.4, 0.5) is 0 Å². The molecule has 0 N–H and O–H groups in total. The molecule has 2 saturated carbocycles. The van der Waals surface area contributed by atoms with Crippen molar-refractivity contribution >= 4 is 48.8 Å². The number of hydrogen-bond acceptors (Lipinski definition) is 0. The second kappa shape index (κ2) is 14.5. The van der Waals surface area contributed by atoms with Crippen LogP contribution in [0.15, 0.2) is 0 Å². The summed E-state index contributed by atoms with van der Waals surface area (Å²) in [5, 5.41) is 0. The van der Waals surface area contributed by atoms with Crippen molar-refractivity contribution in [1.82, 2.24) is 0 Å². The molecule has 3 aliphatic rings. The van der Waals surface area contributed by atoms with Crippen molar-refractivity contribution in [2.45, 2.75) is 128 Å². The summed E-state index contributed by atoms with van der Waals surface area (Å²) in [6.07, 6.45) is 15.0. The molecule has 1 heterocycles. The number of nitrogens with zero attached hydrogens (tertiary/aromatic N) is 2. The molecule has 188 valence electrons. The predicted octanol–water partition coefficient (Wildman–Crippen LogP) is 3.36. The molecular weight excluding hydrogens is 504 g/mol. The average Bonchev–Trinajstić information content (AvgIpc) is 2.65. The molecule has 0 aromatic carbocycles. The molecule has 2 nitrogen and oxygen atoms in total. The first-order valence-corrected chi connectivity index (χ1v) is 29.9. The Morgan fingerprint density at radius 2 is 0.676 bits per heavy atom. The van der Waals surface area contributed by atoms with E-state index in [-0.39, 0.29) is 53.6 Å². The van der Waals surface area contributed by atoms with Gasteiger partial charge in [0.25, 0.3) is 0 Å². The zero-order valence-electron chi connectivity index (χ0n) is 24.8. The van der Waals surface area contributed by atoms with Gasteiger partial charge >= 0.3 is 37.7 Å². The van der Waals surface area contributed by atoms with Crippen LogP contribution < -0.4 is 37.7 Å². The molecule has 0 amide bonds. The number of rotatable bonds is 2. The molecule has 34 heavy (non-hydrogen) atoms. The summed E-state index contributed by atoms with van der Waals surface area (Å²) in [7, 11) is -5.79. The van der Waals surface area contributed by atoms with Crippen molar-refractivity contribution in [1.29, 1.82) is 0 Å². The summed E-state index contributed by atoms with van der Waals surface area (Å²) in [4.78, 5) is 0. The topological polar surface area (TPSA) is 28.2 Å². The molecule has 0 radical (unpaired) electrons. The third-order valence-corrected chi connectivity index (χ3v) is 39.4. The van der Waals surface area contributed by atoms with Crippen LogP contribution >= 0.6 is 15.8 Å². The Hall–Kier alpha value is 2.84. The van der Waals surface area contributed by atoms with Crippen LogP contribution in [-0.4, -0.2) is 67.4 Å². The predicted molar refractivity (Wildman–Crippen MR) is 164 cm³/mol. The molecule has 0 unspecified atom stereocenters. The van der Waals surface area contributed by atoms with Gasteiger partial charge in [0.1, 0.15) is 0 Å². The standard InChI is InChI=1S/C24H54N2P2Si4.2Li/c1-29(2)19-27(23-15-11-9-12-16-23)20-31(5,6)26-32(7,8)22-28(21-30(3,4)25-29)24-17-13-10-14-18-24;;/h23-24H,9-22H2,1-8H3;;/q-2;2*+1. The van der Waals surface area contributed by atoms with Crippen LogP contribution in [0.3, 0.4) is 0 Å². The molecule has 0 aromatic rings. The molecule has 2 aliphatic carbocycles. The summed E-state index contributed by atoms with van der Waals surface area (Å²) in [6.45, 7) is 21.2. The van der Waals surface area contributed by atoms with Gasteiger partial charge < -0.3 is 9.30 Å². The Bertz CT molecular complexity index is 530. The molecule has 0 bridgehead atoms. The Balaban J connectivity index is 0.00000289. The molecule has 0 spiro atoms. The van der Waals surface area contributed by atoms with E-state index < -0.39 is 32.9 Å². The summed E-state index contributed by atoms with van der Waals surface area (Å²) in [5.74, 6) is 6.11. The van der Waals surface area contributed by atoms with Crippen molar-refractivity contribution in [2.24, 2.45) is 0 Å². The summed E-state index contributed by atoms with van der Waals surface area (Å²) in [5.41, 5.74) is 2.08. The van der Waals surface area contributed by atoms with Crippen molar-refractivity contribution in [2.75, 3.05) is 23.1 Å². The van der Waals surface area contributed by atoms with E-state index in [0.29, 0.717) is 0 Å². The fraction of sp³-hybridized carbons (Fsp3) is 1.00. The van der Waals surface area contributed by atoms with Gasteiger partial charge in [0.2, 0.25) is 0 Å². The minimum atomic E-state index is -1.51. The number of hydrogen-bond donors (Lipinski definition) is 0. The molecule has 3 fully saturated rings. The fourth-order valence-corrected chi connectivity index (χ4v) is 49.2. The summed E-state index contributed by atoms with van der Waals surface area (Å²) >= 11 is 0.